The summed E-state index contributed by atoms with van der Waals surface area (Å²) in [6.45, 7) is 3.20. The molecule has 0 bridgehead atoms. The maximum Gasteiger partial charge on any atom is 0.342 e. The minimum absolute atomic E-state index is 0.123. The van der Waals surface area contributed by atoms with E-state index in [1.54, 1.807) is 36.4 Å². The van der Waals surface area contributed by atoms with E-state index in [-0.39, 0.29) is 11.5 Å². The van der Waals surface area contributed by atoms with Crippen LogP contribution in [0.15, 0.2) is 54.6 Å². The van der Waals surface area contributed by atoms with E-state index >= 15 is 0 Å². The zero-order valence-electron chi connectivity index (χ0n) is 16.7. The van der Waals surface area contributed by atoms with Crippen molar-refractivity contribution in [2.45, 2.75) is 26.3 Å². The third kappa shape index (κ3) is 6.34. The molecule has 2 atom stereocenters. The Kier molecular flexibility index (Phi) is 8.21. The van der Waals surface area contributed by atoms with Crippen molar-refractivity contribution in [3.8, 4) is 11.5 Å². The predicted octanol–water partition coefficient (Wildman–Crippen LogP) is 3.34. The van der Waals surface area contributed by atoms with Crippen molar-refractivity contribution in [1.29, 1.82) is 0 Å². The molecule has 0 saturated heterocycles. The monoisotopic (exact) mass is 399 g/mol. The molecule has 0 radical (unpaired) electrons. The number of hydrogen-bond donors (Lipinski definition) is 1. The topological polar surface area (TPSA) is 90.9 Å². The Morgan fingerprint density at radius 3 is 2.31 bits per heavy atom. The minimum Gasteiger partial charge on any atom is -0.467 e. The summed E-state index contributed by atoms with van der Waals surface area (Å²) in [6, 6.07) is 14.8. The lowest BCUT2D eigenvalue weighted by molar-refractivity contribution is -0.147. The van der Waals surface area contributed by atoms with Gasteiger partial charge in [0.1, 0.15) is 23.1 Å². The van der Waals surface area contributed by atoms with Gasteiger partial charge in [-0.25, -0.2) is 9.59 Å². The molecule has 0 aliphatic rings. The van der Waals surface area contributed by atoms with Gasteiger partial charge >= 0.3 is 11.9 Å². The summed E-state index contributed by atoms with van der Waals surface area (Å²) in [5.74, 6) is -1.07. The molecule has 0 heterocycles. The van der Waals surface area contributed by atoms with Gasteiger partial charge in [-0.3, -0.25) is 4.79 Å². The predicted molar refractivity (Wildman–Crippen MR) is 107 cm³/mol. The molecule has 7 heteroatoms. The van der Waals surface area contributed by atoms with Gasteiger partial charge < -0.3 is 19.5 Å². The van der Waals surface area contributed by atoms with E-state index < -0.39 is 30.5 Å². The fourth-order valence-corrected chi connectivity index (χ4v) is 2.56. The van der Waals surface area contributed by atoms with Gasteiger partial charge in [0.25, 0.3) is 5.91 Å². The van der Waals surface area contributed by atoms with Gasteiger partial charge in [0.05, 0.1) is 7.11 Å². The molecule has 0 fully saturated rings. The molecule has 0 unspecified atom stereocenters. The van der Waals surface area contributed by atoms with Crippen LogP contribution in [0.25, 0.3) is 0 Å². The molecular formula is C22H25NO6. The van der Waals surface area contributed by atoms with Crippen LogP contribution in [0.4, 0.5) is 0 Å². The number of benzene rings is 2. The average Bonchev–Trinajstić information content (AvgIpc) is 2.75. The summed E-state index contributed by atoms with van der Waals surface area (Å²) >= 11 is 0. The molecule has 0 aliphatic carbocycles. The van der Waals surface area contributed by atoms with Crippen molar-refractivity contribution in [1.82, 2.24) is 5.32 Å². The number of carbonyl (C=O) groups is 3. The Hall–Kier alpha value is -3.35. The highest BCUT2D eigenvalue weighted by atomic mass is 16.5. The lowest BCUT2D eigenvalue weighted by atomic mass is 9.99. The Bertz CT molecular complexity index is 836. The van der Waals surface area contributed by atoms with Crippen LogP contribution in [0.2, 0.25) is 0 Å². The van der Waals surface area contributed by atoms with E-state index in [2.05, 4.69) is 5.32 Å². The smallest absolute Gasteiger partial charge is 0.342 e. The molecule has 0 aliphatic heterocycles. The van der Waals surface area contributed by atoms with Crippen LogP contribution in [0.3, 0.4) is 0 Å². The first kappa shape index (κ1) is 21.9. The van der Waals surface area contributed by atoms with Crippen molar-refractivity contribution in [3.05, 3.63) is 60.2 Å². The standard InChI is InChI=1S/C22H25NO6/c1-4-15(2)20(22(26)27-3)23-19(24)14-28-21(25)17-12-8-9-13-18(17)29-16-10-6-5-7-11-16/h5-13,15,20H,4,14H2,1-3H3,(H,23,24)/t15-,20-/m1/s1. The van der Waals surface area contributed by atoms with Crippen LogP contribution in [0.1, 0.15) is 30.6 Å². The third-order valence-corrected chi connectivity index (χ3v) is 4.40. The highest BCUT2D eigenvalue weighted by Crippen LogP contribution is 2.25. The number of ether oxygens (including phenoxy) is 3. The summed E-state index contributed by atoms with van der Waals surface area (Å²) in [7, 11) is 1.26. The van der Waals surface area contributed by atoms with Crippen molar-refractivity contribution in [3.63, 3.8) is 0 Å². The lowest BCUT2D eigenvalue weighted by Crippen LogP contribution is -2.47. The number of esters is 2. The van der Waals surface area contributed by atoms with Gasteiger partial charge in [-0.05, 0) is 30.2 Å². The zero-order chi connectivity index (χ0) is 21.2. The van der Waals surface area contributed by atoms with E-state index in [0.29, 0.717) is 17.9 Å². The van der Waals surface area contributed by atoms with E-state index in [1.807, 2.05) is 32.0 Å². The second-order valence-corrected chi connectivity index (χ2v) is 6.44. The average molecular weight is 399 g/mol. The maximum atomic E-state index is 12.5. The molecule has 1 amide bonds. The van der Waals surface area contributed by atoms with Crippen LogP contribution >= 0.6 is 0 Å². The van der Waals surface area contributed by atoms with Crippen LogP contribution < -0.4 is 10.1 Å². The molecule has 2 aromatic rings. The molecule has 1 N–H and O–H groups in total. The van der Waals surface area contributed by atoms with E-state index in [9.17, 15) is 14.4 Å². The molecular weight excluding hydrogens is 374 g/mol. The van der Waals surface area contributed by atoms with Gasteiger partial charge in [-0.15, -0.1) is 0 Å². The quantitative estimate of drug-likeness (QED) is 0.651. The molecule has 2 aromatic carbocycles. The van der Waals surface area contributed by atoms with Gasteiger partial charge in [0.15, 0.2) is 6.61 Å². The number of methoxy groups -OCH3 is 1. The van der Waals surface area contributed by atoms with Crippen molar-refractivity contribution in [2.24, 2.45) is 5.92 Å². The van der Waals surface area contributed by atoms with Crippen molar-refractivity contribution < 1.29 is 28.6 Å². The lowest BCUT2D eigenvalue weighted by Gasteiger charge is -2.21. The second-order valence-electron chi connectivity index (χ2n) is 6.44. The maximum absolute atomic E-state index is 12.5. The van der Waals surface area contributed by atoms with E-state index in [1.165, 1.54) is 7.11 Å². The number of amides is 1. The molecule has 7 nitrogen and oxygen atoms in total. The number of carbonyl (C=O) groups excluding carboxylic acids is 3. The van der Waals surface area contributed by atoms with Gasteiger partial charge in [0, 0.05) is 0 Å². The number of hydrogen-bond acceptors (Lipinski definition) is 6. The first-order valence-electron chi connectivity index (χ1n) is 9.32. The van der Waals surface area contributed by atoms with Crippen molar-refractivity contribution >= 4 is 17.8 Å². The van der Waals surface area contributed by atoms with Gasteiger partial charge in [-0.1, -0.05) is 50.6 Å². The summed E-state index contributed by atoms with van der Waals surface area (Å²) in [4.78, 5) is 36.5. The molecule has 154 valence electrons. The Labute approximate surface area is 170 Å². The fourth-order valence-electron chi connectivity index (χ4n) is 2.56. The normalized spacial score (nSPS) is 12.4. The molecule has 0 aromatic heterocycles. The third-order valence-electron chi connectivity index (χ3n) is 4.40. The summed E-state index contributed by atoms with van der Waals surface area (Å²) in [6.07, 6.45) is 0.671. The number of rotatable bonds is 9. The van der Waals surface area contributed by atoms with E-state index in [0.717, 1.165) is 0 Å². The Morgan fingerprint density at radius 2 is 1.66 bits per heavy atom. The molecule has 2 rings (SSSR count). The Balaban J connectivity index is 2.00. The van der Waals surface area contributed by atoms with Crippen LogP contribution in [0.5, 0.6) is 11.5 Å². The summed E-state index contributed by atoms with van der Waals surface area (Å²) in [5, 5.41) is 2.56. The highest BCUT2D eigenvalue weighted by molar-refractivity contribution is 5.94. The second kappa shape index (κ2) is 10.8. The van der Waals surface area contributed by atoms with Crippen LogP contribution in [-0.4, -0.2) is 37.6 Å². The summed E-state index contributed by atoms with van der Waals surface area (Å²) in [5.41, 5.74) is 0.190. The first-order valence-corrected chi connectivity index (χ1v) is 9.32. The SMILES string of the molecule is CC[C@@H](C)[C@@H](NC(=O)COC(=O)c1ccccc1Oc1ccccc1)C(=O)OC. The van der Waals surface area contributed by atoms with Crippen LogP contribution in [-0.2, 0) is 19.1 Å². The number of para-hydroxylation sites is 2. The number of nitrogens with one attached hydrogen (secondary N) is 1. The largest absolute Gasteiger partial charge is 0.467 e. The van der Waals surface area contributed by atoms with Crippen molar-refractivity contribution in [2.75, 3.05) is 13.7 Å². The minimum atomic E-state index is -0.801. The van der Waals surface area contributed by atoms with E-state index in [4.69, 9.17) is 14.2 Å². The van der Waals surface area contributed by atoms with Crippen LogP contribution in [0, 0.1) is 5.92 Å². The molecule has 0 spiro atoms. The highest BCUT2D eigenvalue weighted by Gasteiger charge is 2.27. The van der Waals surface area contributed by atoms with Gasteiger partial charge in [-0.2, -0.15) is 0 Å². The fraction of sp³-hybridized carbons (Fsp3) is 0.318. The van der Waals surface area contributed by atoms with Gasteiger partial charge in [0.2, 0.25) is 0 Å². The first-order chi connectivity index (χ1) is 14.0. The summed E-state index contributed by atoms with van der Waals surface area (Å²) < 4.78 is 15.6. The zero-order valence-corrected chi connectivity index (χ0v) is 16.7. The Morgan fingerprint density at radius 1 is 1.00 bits per heavy atom. The molecule has 29 heavy (non-hydrogen) atoms. The molecule has 0 saturated carbocycles.